The van der Waals surface area contributed by atoms with E-state index < -0.39 is 9.84 Å². The fraction of sp³-hybridized carbons (Fsp3) is 1.00. The predicted molar refractivity (Wildman–Crippen MR) is 83.8 cm³/mol. The molecule has 1 aliphatic carbocycles. The van der Waals surface area contributed by atoms with Crippen LogP contribution in [-0.2, 0) is 9.84 Å². The van der Waals surface area contributed by atoms with Gasteiger partial charge in [0.1, 0.15) is 0 Å². The van der Waals surface area contributed by atoms with E-state index in [0.29, 0.717) is 23.5 Å². The summed E-state index contributed by atoms with van der Waals surface area (Å²) >= 11 is 0. The third kappa shape index (κ3) is 4.71. The summed E-state index contributed by atoms with van der Waals surface area (Å²) in [7, 11) is -2.79. The summed E-state index contributed by atoms with van der Waals surface area (Å²) in [5, 5.41) is 3.68. The van der Waals surface area contributed by atoms with Gasteiger partial charge in [-0.2, -0.15) is 0 Å². The standard InChI is InChI=1S/C15H30N2O2S/c1-3-15(4-2,12-16-14-6-7-14)13-17-8-5-10-20(18,19)11-9-17/h14,16H,3-13H2,1-2H3. The van der Waals surface area contributed by atoms with Crippen LogP contribution in [0, 0.1) is 5.41 Å². The Labute approximate surface area is 124 Å². The Bertz CT molecular complexity index is 400. The number of sulfone groups is 1. The van der Waals surface area contributed by atoms with Crippen molar-refractivity contribution in [3.8, 4) is 0 Å². The summed E-state index contributed by atoms with van der Waals surface area (Å²) in [5.41, 5.74) is 0.302. The lowest BCUT2D eigenvalue weighted by Gasteiger charge is -2.37. The van der Waals surface area contributed by atoms with E-state index in [0.717, 1.165) is 44.9 Å². The van der Waals surface area contributed by atoms with Crippen molar-refractivity contribution in [3.05, 3.63) is 0 Å². The highest BCUT2D eigenvalue weighted by Crippen LogP contribution is 2.29. The van der Waals surface area contributed by atoms with Gasteiger partial charge in [-0.15, -0.1) is 0 Å². The molecule has 2 aliphatic rings. The number of nitrogens with one attached hydrogen (secondary N) is 1. The molecule has 2 rings (SSSR count). The third-order valence-corrected chi connectivity index (χ3v) is 6.77. The SMILES string of the molecule is CCC(CC)(CNC1CC1)CN1CCCS(=O)(=O)CC1. The van der Waals surface area contributed by atoms with Crippen LogP contribution < -0.4 is 5.32 Å². The topological polar surface area (TPSA) is 49.4 Å². The fourth-order valence-corrected chi connectivity index (χ4v) is 4.36. The van der Waals surface area contributed by atoms with Gasteiger partial charge in [-0.3, -0.25) is 0 Å². The third-order valence-electron chi connectivity index (χ3n) is 5.05. The van der Waals surface area contributed by atoms with E-state index in [1.54, 1.807) is 0 Å². The average molecular weight is 302 g/mol. The lowest BCUT2D eigenvalue weighted by molar-refractivity contribution is 0.140. The molecule has 0 aromatic rings. The van der Waals surface area contributed by atoms with Crippen molar-refractivity contribution in [1.29, 1.82) is 0 Å². The molecule has 1 N–H and O–H groups in total. The molecule has 0 aromatic carbocycles. The molecule has 0 aromatic heterocycles. The van der Waals surface area contributed by atoms with Gasteiger partial charge in [0.05, 0.1) is 11.5 Å². The predicted octanol–water partition coefficient (Wildman–Crippen LogP) is 1.67. The Morgan fingerprint density at radius 3 is 2.45 bits per heavy atom. The van der Waals surface area contributed by atoms with Gasteiger partial charge in [0.2, 0.25) is 0 Å². The summed E-state index contributed by atoms with van der Waals surface area (Å²) in [6, 6.07) is 0.747. The van der Waals surface area contributed by atoms with Crippen LogP contribution >= 0.6 is 0 Å². The molecule has 5 heteroatoms. The smallest absolute Gasteiger partial charge is 0.151 e. The zero-order chi connectivity index (χ0) is 14.6. The van der Waals surface area contributed by atoms with Crippen LogP contribution in [0.2, 0.25) is 0 Å². The maximum absolute atomic E-state index is 11.7. The van der Waals surface area contributed by atoms with Crippen LogP contribution in [0.5, 0.6) is 0 Å². The van der Waals surface area contributed by atoms with E-state index in [2.05, 4.69) is 24.1 Å². The molecular formula is C15H30N2O2S. The van der Waals surface area contributed by atoms with Crippen LogP contribution in [0.1, 0.15) is 46.0 Å². The second-order valence-electron chi connectivity index (χ2n) is 6.64. The largest absolute Gasteiger partial charge is 0.313 e. The molecule has 0 amide bonds. The first-order chi connectivity index (χ1) is 9.49. The minimum atomic E-state index is -2.79. The van der Waals surface area contributed by atoms with Crippen molar-refractivity contribution in [2.75, 3.05) is 37.7 Å². The molecule has 1 saturated heterocycles. The molecule has 0 radical (unpaired) electrons. The maximum Gasteiger partial charge on any atom is 0.151 e. The van der Waals surface area contributed by atoms with Crippen LogP contribution in [0.3, 0.4) is 0 Å². The molecule has 0 spiro atoms. The van der Waals surface area contributed by atoms with Crippen molar-refractivity contribution >= 4 is 9.84 Å². The molecule has 4 nitrogen and oxygen atoms in total. The van der Waals surface area contributed by atoms with Crippen LogP contribution in [0.15, 0.2) is 0 Å². The lowest BCUT2D eigenvalue weighted by Crippen LogP contribution is -2.45. The summed E-state index contributed by atoms with van der Waals surface area (Å²) in [6.07, 6.45) is 5.76. The van der Waals surface area contributed by atoms with Gasteiger partial charge < -0.3 is 10.2 Å². The van der Waals surface area contributed by atoms with Gasteiger partial charge in [-0.25, -0.2) is 8.42 Å². The monoisotopic (exact) mass is 302 g/mol. The zero-order valence-electron chi connectivity index (χ0n) is 13.0. The van der Waals surface area contributed by atoms with Crippen LogP contribution in [0.25, 0.3) is 0 Å². The average Bonchev–Trinajstić information content (AvgIpc) is 3.24. The summed E-state index contributed by atoms with van der Waals surface area (Å²) < 4.78 is 23.4. The number of rotatable bonds is 7. The second kappa shape index (κ2) is 6.75. The molecule has 118 valence electrons. The van der Waals surface area contributed by atoms with Gasteiger partial charge in [0.15, 0.2) is 9.84 Å². The highest BCUT2D eigenvalue weighted by Gasteiger charge is 2.32. The number of hydrogen-bond donors (Lipinski definition) is 1. The molecule has 0 atom stereocenters. The fourth-order valence-electron chi connectivity index (χ4n) is 3.05. The van der Waals surface area contributed by atoms with E-state index in [1.807, 2.05) is 0 Å². The summed E-state index contributed by atoms with van der Waals surface area (Å²) in [5.74, 6) is 0.710. The minimum Gasteiger partial charge on any atom is -0.313 e. The first-order valence-corrected chi connectivity index (χ1v) is 9.97. The quantitative estimate of drug-likeness (QED) is 0.777. The Kier molecular flexibility index (Phi) is 5.49. The van der Waals surface area contributed by atoms with Crippen LogP contribution in [0.4, 0.5) is 0 Å². The first kappa shape index (κ1) is 16.2. The van der Waals surface area contributed by atoms with Crippen molar-refractivity contribution in [2.24, 2.45) is 5.41 Å². The van der Waals surface area contributed by atoms with E-state index >= 15 is 0 Å². The molecule has 0 bridgehead atoms. The Morgan fingerprint density at radius 1 is 1.15 bits per heavy atom. The molecule has 20 heavy (non-hydrogen) atoms. The van der Waals surface area contributed by atoms with Crippen molar-refractivity contribution in [2.45, 2.75) is 52.0 Å². The van der Waals surface area contributed by atoms with Crippen molar-refractivity contribution in [1.82, 2.24) is 10.2 Å². The first-order valence-electron chi connectivity index (χ1n) is 8.15. The van der Waals surface area contributed by atoms with Gasteiger partial charge in [0.25, 0.3) is 0 Å². The summed E-state index contributed by atoms with van der Waals surface area (Å²) in [4.78, 5) is 2.38. The van der Waals surface area contributed by atoms with E-state index in [9.17, 15) is 8.42 Å². The Morgan fingerprint density at radius 2 is 1.85 bits per heavy atom. The van der Waals surface area contributed by atoms with Crippen LogP contribution in [-0.4, -0.2) is 57.0 Å². The van der Waals surface area contributed by atoms with Crippen molar-refractivity contribution in [3.63, 3.8) is 0 Å². The molecule has 1 aliphatic heterocycles. The molecule has 1 heterocycles. The van der Waals surface area contributed by atoms with E-state index in [4.69, 9.17) is 0 Å². The number of nitrogens with zero attached hydrogens (tertiary/aromatic N) is 1. The zero-order valence-corrected chi connectivity index (χ0v) is 13.8. The lowest BCUT2D eigenvalue weighted by atomic mass is 9.81. The summed E-state index contributed by atoms with van der Waals surface area (Å²) in [6.45, 7) is 8.31. The molecule has 2 fully saturated rings. The Hall–Kier alpha value is -0.130. The van der Waals surface area contributed by atoms with Crippen molar-refractivity contribution < 1.29 is 8.42 Å². The highest BCUT2D eigenvalue weighted by molar-refractivity contribution is 7.91. The van der Waals surface area contributed by atoms with Gasteiger partial charge in [-0.05, 0) is 44.1 Å². The second-order valence-corrected chi connectivity index (χ2v) is 8.95. The Balaban J connectivity index is 1.91. The molecular weight excluding hydrogens is 272 g/mol. The maximum atomic E-state index is 11.7. The van der Waals surface area contributed by atoms with Gasteiger partial charge >= 0.3 is 0 Å². The van der Waals surface area contributed by atoms with Gasteiger partial charge in [0, 0.05) is 25.7 Å². The number of hydrogen-bond acceptors (Lipinski definition) is 4. The normalized spacial score (nSPS) is 24.5. The highest BCUT2D eigenvalue weighted by atomic mass is 32.2. The molecule has 0 unspecified atom stereocenters. The van der Waals surface area contributed by atoms with E-state index in [1.165, 1.54) is 12.8 Å². The minimum absolute atomic E-state index is 0.302. The molecule has 1 saturated carbocycles. The van der Waals surface area contributed by atoms with Gasteiger partial charge in [-0.1, -0.05) is 13.8 Å². The van der Waals surface area contributed by atoms with E-state index in [-0.39, 0.29) is 0 Å².